The topological polar surface area (TPSA) is 57.3 Å². The molecule has 3 rings (SSSR count). The number of hydrogen-bond acceptors (Lipinski definition) is 4. The van der Waals surface area contributed by atoms with E-state index in [0.29, 0.717) is 5.82 Å². The molecule has 1 amide bonds. The molecule has 0 unspecified atom stereocenters. The normalized spacial score (nSPS) is 20.7. The Balaban J connectivity index is 0.00000176. The summed E-state index contributed by atoms with van der Waals surface area (Å²) in [6.45, 7) is 3.72. The first-order valence-corrected chi connectivity index (χ1v) is 7.14. The SMILES string of the molecule is Cl.O=C(Nc1ccc(N2CCNCC2)cn1)C1CC(F)(F)C1. The molecule has 22 heavy (non-hydrogen) atoms. The highest BCUT2D eigenvalue weighted by molar-refractivity contribution is 5.92. The lowest BCUT2D eigenvalue weighted by molar-refractivity contribution is -0.145. The molecule has 1 aromatic heterocycles. The third-order valence-corrected chi connectivity index (χ3v) is 3.94. The second kappa shape index (κ2) is 6.75. The Morgan fingerprint density at radius 2 is 2.00 bits per heavy atom. The van der Waals surface area contributed by atoms with Crippen molar-refractivity contribution in [2.45, 2.75) is 18.8 Å². The number of carbonyl (C=O) groups excluding carboxylic acids is 1. The summed E-state index contributed by atoms with van der Waals surface area (Å²) < 4.78 is 25.5. The van der Waals surface area contributed by atoms with Gasteiger partial charge in [-0.2, -0.15) is 0 Å². The van der Waals surface area contributed by atoms with Crippen LogP contribution in [0.3, 0.4) is 0 Å². The quantitative estimate of drug-likeness (QED) is 0.887. The molecule has 1 aliphatic heterocycles. The Morgan fingerprint density at radius 1 is 1.32 bits per heavy atom. The van der Waals surface area contributed by atoms with Gasteiger partial charge in [0.25, 0.3) is 0 Å². The first-order valence-electron chi connectivity index (χ1n) is 7.14. The molecule has 8 heteroatoms. The number of nitrogens with one attached hydrogen (secondary N) is 2. The predicted octanol–water partition coefficient (Wildman–Crippen LogP) is 1.90. The van der Waals surface area contributed by atoms with Gasteiger partial charge >= 0.3 is 0 Å². The summed E-state index contributed by atoms with van der Waals surface area (Å²) in [6.07, 6.45) is 0.978. The Morgan fingerprint density at radius 3 is 2.55 bits per heavy atom. The van der Waals surface area contributed by atoms with E-state index in [-0.39, 0.29) is 31.2 Å². The molecule has 0 spiro atoms. The maximum atomic E-state index is 12.7. The number of amides is 1. The zero-order valence-electron chi connectivity index (χ0n) is 12.0. The van der Waals surface area contributed by atoms with Crippen LogP contribution in [0.25, 0.3) is 0 Å². The van der Waals surface area contributed by atoms with Gasteiger partial charge in [-0.25, -0.2) is 13.8 Å². The minimum atomic E-state index is -2.68. The van der Waals surface area contributed by atoms with Crippen LogP contribution in [0.15, 0.2) is 18.3 Å². The molecule has 2 N–H and O–H groups in total. The Labute approximate surface area is 133 Å². The van der Waals surface area contributed by atoms with Crippen molar-refractivity contribution >= 4 is 29.8 Å². The number of anilines is 2. The number of alkyl halides is 2. The van der Waals surface area contributed by atoms with Gasteiger partial charge in [-0.15, -0.1) is 12.4 Å². The molecule has 1 saturated carbocycles. The van der Waals surface area contributed by atoms with Gasteiger partial charge in [0, 0.05) is 44.9 Å². The summed E-state index contributed by atoms with van der Waals surface area (Å²) in [4.78, 5) is 18.2. The maximum absolute atomic E-state index is 12.7. The molecule has 1 aromatic rings. The Kier molecular flexibility index (Phi) is 5.18. The van der Waals surface area contributed by atoms with Crippen LogP contribution in [0.5, 0.6) is 0 Å². The average Bonchev–Trinajstić information content (AvgIpc) is 2.46. The van der Waals surface area contributed by atoms with Crippen molar-refractivity contribution in [1.82, 2.24) is 10.3 Å². The third kappa shape index (κ3) is 3.84. The minimum absolute atomic E-state index is 0. The summed E-state index contributed by atoms with van der Waals surface area (Å²) in [5.41, 5.74) is 1.00. The molecule has 0 radical (unpaired) electrons. The Hall–Kier alpha value is -1.47. The standard InChI is InChI=1S/C14H18F2N4O.ClH/c15-14(16)7-10(8-14)13(21)19-12-2-1-11(9-18-12)20-5-3-17-4-6-20;/h1-2,9-10,17H,3-8H2,(H,18,19,21);1H. The fourth-order valence-corrected chi connectivity index (χ4v) is 2.64. The average molecular weight is 333 g/mol. The fourth-order valence-electron chi connectivity index (χ4n) is 2.64. The van der Waals surface area contributed by atoms with E-state index in [2.05, 4.69) is 20.5 Å². The van der Waals surface area contributed by atoms with E-state index in [1.165, 1.54) is 0 Å². The third-order valence-electron chi connectivity index (χ3n) is 3.94. The predicted molar refractivity (Wildman–Crippen MR) is 82.9 cm³/mol. The summed E-state index contributed by atoms with van der Waals surface area (Å²) in [6, 6.07) is 3.61. The number of halogens is 3. The van der Waals surface area contributed by atoms with Crippen molar-refractivity contribution in [2.24, 2.45) is 5.92 Å². The number of pyridine rings is 1. The molecule has 2 fully saturated rings. The number of piperazine rings is 1. The van der Waals surface area contributed by atoms with Crippen molar-refractivity contribution in [1.29, 1.82) is 0 Å². The number of nitrogens with zero attached hydrogens (tertiary/aromatic N) is 2. The van der Waals surface area contributed by atoms with Gasteiger partial charge in [-0.05, 0) is 12.1 Å². The zero-order chi connectivity index (χ0) is 14.9. The molecule has 122 valence electrons. The molecular formula is C14H19ClF2N4O. The van der Waals surface area contributed by atoms with E-state index in [1.54, 1.807) is 12.3 Å². The van der Waals surface area contributed by atoms with E-state index in [4.69, 9.17) is 0 Å². The van der Waals surface area contributed by atoms with E-state index >= 15 is 0 Å². The van der Waals surface area contributed by atoms with Crippen LogP contribution in [0.2, 0.25) is 0 Å². The van der Waals surface area contributed by atoms with Crippen LogP contribution in [-0.2, 0) is 4.79 Å². The Bertz CT molecular complexity index is 512. The molecule has 0 bridgehead atoms. The first kappa shape index (κ1) is 16.9. The second-order valence-electron chi connectivity index (χ2n) is 5.59. The van der Waals surface area contributed by atoms with Gasteiger partial charge < -0.3 is 15.5 Å². The number of rotatable bonds is 3. The summed E-state index contributed by atoms with van der Waals surface area (Å²) in [5, 5.41) is 5.87. The van der Waals surface area contributed by atoms with Crippen LogP contribution in [-0.4, -0.2) is 43.0 Å². The lowest BCUT2D eigenvalue weighted by atomic mass is 9.81. The molecule has 1 saturated heterocycles. The molecular weight excluding hydrogens is 314 g/mol. The van der Waals surface area contributed by atoms with Gasteiger partial charge in [0.15, 0.2) is 0 Å². The van der Waals surface area contributed by atoms with Crippen molar-refractivity contribution in [3.63, 3.8) is 0 Å². The number of carbonyl (C=O) groups is 1. The lowest BCUT2D eigenvalue weighted by Gasteiger charge is -2.33. The van der Waals surface area contributed by atoms with Gasteiger partial charge in [0.05, 0.1) is 11.9 Å². The van der Waals surface area contributed by atoms with Gasteiger partial charge in [-0.3, -0.25) is 4.79 Å². The highest BCUT2D eigenvalue weighted by atomic mass is 35.5. The van der Waals surface area contributed by atoms with Crippen LogP contribution in [0.4, 0.5) is 20.3 Å². The van der Waals surface area contributed by atoms with E-state index in [0.717, 1.165) is 31.9 Å². The number of aromatic nitrogens is 1. The van der Waals surface area contributed by atoms with Crippen molar-refractivity contribution in [3.8, 4) is 0 Å². The van der Waals surface area contributed by atoms with Gasteiger partial charge in [0.2, 0.25) is 11.8 Å². The van der Waals surface area contributed by atoms with E-state index in [1.807, 2.05) is 6.07 Å². The van der Waals surface area contributed by atoms with Crippen molar-refractivity contribution in [2.75, 3.05) is 36.4 Å². The van der Waals surface area contributed by atoms with Crippen LogP contribution in [0.1, 0.15) is 12.8 Å². The summed E-state index contributed by atoms with van der Waals surface area (Å²) in [7, 11) is 0. The zero-order valence-corrected chi connectivity index (χ0v) is 12.8. The lowest BCUT2D eigenvalue weighted by Crippen LogP contribution is -2.43. The second-order valence-corrected chi connectivity index (χ2v) is 5.59. The molecule has 0 atom stereocenters. The van der Waals surface area contributed by atoms with Gasteiger partial charge in [-0.1, -0.05) is 0 Å². The van der Waals surface area contributed by atoms with Crippen LogP contribution in [0, 0.1) is 5.92 Å². The molecule has 5 nitrogen and oxygen atoms in total. The van der Waals surface area contributed by atoms with Crippen LogP contribution >= 0.6 is 12.4 Å². The highest BCUT2D eigenvalue weighted by Crippen LogP contribution is 2.42. The van der Waals surface area contributed by atoms with E-state index < -0.39 is 11.8 Å². The summed E-state index contributed by atoms with van der Waals surface area (Å²) in [5.74, 6) is -3.24. The summed E-state index contributed by atoms with van der Waals surface area (Å²) >= 11 is 0. The maximum Gasteiger partial charge on any atom is 0.249 e. The van der Waals surface area contributed by atoms with Crippen LogP contribution < -0.4 is 15.5 Å². The van der Waals surface area contributed by atoms with Gasteiger partial charge in [0.1, 0.15) is 5.82 Å². The fraction of sp³-hybridized carbons (Fsp3) is 0.571. The van der Waals surface area contributed by atoms with Crippen molar-refractivity contribution in [3.05, 3.63) is 18.3 Å². The molecule has 2 aliphatic rings. The van der Waals surface area contributed by atoms with E-state index in [9.17, 15) is 13.6 Å². The highest BCUT2D eigenvalue weighted by Gasteiger charge is 2.48. The first-order chi connectivity index (χ1) is 10.0. The van der Waals surface area contributed by atoms with Crippen molar-refractivity contribution < 1.29 is 13.6 Å². The number of hydrogen-bond donors (Lipinski definition) is 2. The molecule has 1 aliphatic carbocycles. The minimum Gasteiger partial charge on any atom is -0.368 e. The molecule has 2 heterocycles. The molecule has 0 aromatic carbocycles. The smallest absolute Gasteiger partial charge is 0.249 e. The largest absolute Gasteiger partial charge is 0.368 e. The monoisotopic (exact) mass is 332 g/mol.